The Balaban J connectivity index is 1.53. The Morgan fingerprint density at radius 2 is 1.83 bits per heavy atom. The third-order valence-corrected chi connectivity index (χ3v) is 6.09. The van der Waals surface area contributed by atoms with Gasteiger partial charge in [-0.25, -0.2) is 4.79 Å². The standard InChI is InChI=1S/C23H37N5O2/c1-4-30-23(29)28-15-11-20(12-16-28)26-22(24-3)25-17-21(27-13-5-6-14-27)19-9-7-18(2)8-10-19/h7-10,20-21H,4-6,11-17H2,1-3H3,(H2,24,25,26). The van der Waals surface area contributed by atoms with Crippen molar-refractivity contribution in [3.05, 3.63) is 35.4 Å². The van der Waals surface area contributed by atoms with Gasteiger partial charge in [-0.2, -0.15) is 0 Å². The van der Waals surface area contributed by atoms with Gasteiger partial charge in [-0.15, -0.1) is 0 Å². The minimum Gasteiger partial charge on any atom is -0.450 e. The lowest BCUT2D eigenvalue weighted by molar-refractivity contribution is 0.0963. The Kier molecular flexibility index (Phi) is 8.37. The number of ether oxygens (including phenoxy) is 1. The van der Waals surface area contributed by atoms with Gasteiger partial charge in [-0.1, -0.05) is 29.8 Å². The summed E-state index contributed by atoms with van der Waals surface area (Å²) in [5.74, 6) is 0.834. The lowest BCUT2D eigenvalue weighted by atomic mass is 10.0. The van der Waals surface area contributed by atoms with Crippen molar-refractivity contribution in [2.45, 2.75) is 51.6 Å². The van der Waals surface area contributed by atoms with Gasteiger partial charge in [0.25, 0.3) is 0 Å². The quantitative estimate of drug-likeness (QED) is 0.552. The fourth-order valence-corrected chi connectivity index (χ4v) is 4.30. The molecule has 2 aliphatic heterocycles. The number of nitrogens with zero attached hydrogens (tertiary/aromatic N) is 3. The molecular weight excluding hydrogens is 378 g/mol. The second kappa shape index (κ2) is 11.2. The van der Waals surface area contributed by atoms with Crippen LogP contribution in [0.15, 0.2) is 29.3 Å². The average molecular weight is 416 g/mol. The number of amides is 1. The Morgan fingerprint density at radius 3 is 2.43 bits per heavy atom. The van der Waals surface area contributed by atoms with Gasteiger partial charge in [0.15, 0.2) is 5.96 Å². The van der Waals surface area contributed by atoms with Crippen molar-refractivity contribution in [3.63, 3.8) is 0 Å². The maximum absolute atomic E-state index is 11.9. The van der Waals surface area contributed by atoms with E-state index in [1.807, 2.05) is 14.0 Å². The summed E-state index contributed by atoms with van der Waals surface area (Å²) in [4.78, 5) is 20.7. The number of aryl methyl sites for hydroxylation is 1. The number of hydrogen-bond donors (Lipinski definition) is 2. The number of guanidine groups is 1. The number of aliphatic imine (C=N–C) groups is 1. The number of hydrogen-bond acceptors (Lipinski definition) is 4. The van der Waals surface area contributed by atoms with Gasteiger partial charge in [-0.3, -0.25) is 9.89 Å². The smallest absolute Gasteiger partial charge is 0.409 e. The number of carbonyl (C=O) groups is 1. The summed E-state index contributed by atoms with van der Waals surface area (Å²) in [7, 11) is 1.82. The molecular formula is C23H37N5O2. The normalized spacial score (nSPS) is 19.6. The van der Waals surface area contributed by atoms with Crippen molar-refractivity contribution in [1.82, 2.24) is 20.4 Å². The monoisotopic (exact) mass is 415 g/mol. The summed E-state index contributed by atoms with van der Waals surface area (Å²) in [6.45, 7) is 8.95. The van der Waals surface area contributed by atoms with Crippen LogP contribution < -0.4 is 10.6 Å². The Morgan fingerprint density at radius 1 is 1.17 bits per heavy atom. The van der Waals surface area contributed by atoms with Gasteiger partial charge in [0.05, 0.1) is 12.6 Å². The number of piperidine rings is 1. The second-order valence-corrected chi connectivity index (χ2v) is 8.23. The first-order valence-electron chi connectivity index (χ1n) is 11.3. The highest BCUT2D eigenvalue weighted by Crippen LogP contribution is 2.25. The third kappa shape index (κ3) is 6.11. The minimum absolute atomic E-state index is 0.204. The molecule has 0 spiro atoms. The summed E-state index contributed by atoms with van der Waals surface area (Å²) in [5.41, 5.74) is 2.65. The molecule has 0 saturated carbocycles. The van der Waals surface area contributed by atoms with Gasteiger partial charge < -0.3 is 20.3 Å². The van der Waals surface area contributed by atoms with Crippen LogP contribution in [0.5, 0.6) is 0 Å². The molecule has 2 N–H and O–H groups in total. The van der Waals surface area contributed by atoms with E-state index in [0.717, 1.165) is 38.4 Å². The van der Waals surface area contributed by atoms with Crippen LogP contribution in [0, 0.1) is 6.92 Å². The van der Waals surface area contributed by atoms with E-state index in [2.05, 4.69) is 51.7 Å². The topological polar surface area (TPSA) is 69.2 Å². The highest BCUT2D eigenvalue weighted by molar-refractivity contribution is 5.80. The predicted molar refractivity (Wildman–Crippen MR) is 121 cm³/mol. The van der Waals surface area contributed by atoms with Crippen LogP contribution in [0.4, 0.5) is 4.79 Å². The molecule has 7 heteroatoms. The fourth-order valence-electron chi connectivity index (χ4n) is 4.30. The lowest BCUT2D eigenvalue weighted by Gasteiger charge is -2.33. The highest BCUT2D eigenvalue weighted by Gasteiger charge is 2.26. The van der Waals surface area contributed by atoms with Crippen LogP contribution >= 0.6 is 0 Å². The molecule has 1 aromatic rings. The molecule has 2 heterocycles. The van der Waals surface area contributed by atoms with E-state index in [-0.39, 0.29) is 6.09 Å². The largest absolute Gasteiger partial charge is 0.450 e. The number of likely N-dealkylation sites (tertiary alicyclic amines) is 2. The zero-order valence-corrected chi connectivity index (χ0v) is 18.7. The molecule has 0 radical (unpaired) electrons. The molecule has 3 rings (SSSR count). The van der Waals surface area contributed by atoms with E-state index in [4.69, 9.17) is 4.74 Å². The summed E-state index contributed by atoms with van der Waals surface area (Å²) in [6, 6.07) is 9.55. The van der Waals surface area contributed by atoms with E-state index in [1.54, 1.807) is 4.90 Å². The van der Waals surface area contributed by atoms with E-state index in [0.29, 0.717) is 31.8 Å². The maximum Gasteiger partial charge on any atom is 0.409 e. The summed E-state index contributed by atoms with van der Waals surface area (Å²) >= 11 is 0. The molecule has 166 valence electrons. The SMILES string of the molecule is CCOC(=O)N1CCC(NC(=NC)NCC(c2ccc(C)cc2)N2CCCC2)CC1. The second-order valence-electron chi connectivity index (χ2n) is 8.23. The van der Waals surface area contributed by atoms with Gasteiger partial charge in [-0.05, 0) is 58.2 Å². The van der Waals surface area contributed by atoms with Gasteiger partial charge in [0.1, 0.15) is 0 Å². The zero-order chi connectivity index (χ0) is 21.3. The number of rotatable bonds is 6. The van der Waals surface area contributed by atoms with Crippen LogP contribution in [0.1, 0.15) is 49.8 Å². The Hall–Kier alpha value is -2.28. The molecule has 2 aliphatic rings. The predicted octanol–water partition coefficient (Wildman–Crippen LogP) is 2.92. The molecule has 0 aromatic heterocycles. The number of carbonyl (C=O) groups excluding carboxylic acids is 1. The van der Waals surface area contributed by atoms with E-state index in [1.165, 1.54) is 24.0 Å². The summed E-state index contributed by atoms with van der Waals surface area (Å²) in [5, 5.41) is 7.10. The molecule has 2 saturated heterocycles. The molecule has 1 aromatic carbocycles. The number of benzene rings is 1. The van der Waals surface area contributed by atoms with E-state index >= 15 is 0 Å². The van der Waals surface area contributed by atoms with Crippen molar-refractivity contribution in [3.8, 4) is 0 Å². The van der Waals surface area contributed by atoms with Crippen LogP contribution in [0.25, 0.3) is 0 Å². The number of nitrogens with one attached hydrogen (secondary N) is 2. The molecule has 1 unspecified atom stereocenters. The zero-order valence-electron chi connectivity index (χ0n) is 18.7. The first-order chi connectivity index (χ1) is 14.6. The van der Waals surface area contributed by atoms with E-state index < -0.39 is 0 Å². The summed E-state index contributed by atoms with van der Waals surface area (Å²) < 4.78 is 5.11. The summed E-state index contributed by atoms with van der Waals surface area (Å²) in [6.07, 6.45) is 4.13. The van der Waals surface area contributed by atoms with Crippen LogP contribution in [-0.4, -0.2) is 74.3 Å². The lowest BCUT2D eigenvalue weighted by Crippen LogP contribution is -2.51. The Bertz CT molecular complexity index is 692. The molecule has 2 fully saturated rings. The molecule has 30 heavy (non-hydrogen) atoms. The fraction of sp³-hybridized carbons (Fsp3) is 0.652. The average Bonchev–Trinajstić information content (AvgIpc) is 3.29. The minimum atomic E-state index is -0.204. The molecule has 1 amide bonds. The maximum atomic E-state index is 11.9. The molecule has 0 aliphatic carbocycles. The van der Waals surface area contributed by atoms with Crippen molar-refractivity contribution < 1.29 is 9.53 Å². The molecule has 1 atom stereocenters. The van der Waals surface area contributed by atoms with Crippen molar-refractivity contribution in [2.75, 3.05) is 46.4 Å². The first-order valence-corrected chi connectivity index (χ1v) is 11.3. The van der Waals surface area contributed by atoms with Crippen molar-refractivity contribution >= 4 is 12.1 Å². The van der Waals surface area contributed by atoms with Crippen LogP contribution in [0.2, 0.25) is 0 Å². The Labute approximate surface area is 180 Å². The van der Waals surface area contributed by atoms with Gasteiger partial charge in [0, 0.05) is 32.7 Å². The van der Waals surface area contributed by atoms with Gasteiger partial charge >= 0.3 is 6.09 Å². The molecule has 0 bridgehead atoms. The highest BCUT2D eigenvalue weighted by atomic mass is 16.6. The van der Waals surface area contributed by atoms with Crippen LogP contribution in [0.3, 0.4) is 0 Å². The first kappa shape index (κ1) is 22.4. The third-order valence-electron chi connectivity index (χ3n) is 6.09. The van der Waals surface area contributed by atoms with Gasteiger partial charge in [0.2, 0.25) is 0 Å². The molecule has 7 nitrogen and oxygen atoms in total. The van der Waals surface area contributed by atoms with Crippen molar-refractivity contribution in [2.24, 2.45) is 4.99 Å². The van der Waals surface area contributed by atoms with Crippen LogP contribution in [-0.2, 0) is 4.74 Å². The van der Waals surface area contributed by atoms with E-state index in [9.17, 15) is 4.79 Å². The van der Waals surface area contributed by atoms with Crippen molar-refractivity contribution in [1.29, 1.82) is 0 Å².